The van der Waals surface area contributed by atoms with Gasteiger partial charge in [-0.3, -0.25) is 9.69 Å². The molecule has 1 fully saturated rings. The standard InChI is InChI=1S/C16H24N2O4/c1-13-2-4-14(5-3-13)22-12-16(20)10-18(7-6-15(17)19)8-9-21-11-16/h2-5,20H,6-12H2,1H3,(H2,17,19)/t16-/m1/s1. The van der Waals surface area contributed by atoms with E-state index in [9.17, 15) is 9.90 Å². The Morgan fingerprint density at radius 3 is 2.86 bits per heavy atom. The third kappa shape index (κ3) is 5.29. The number of aryl methyl sites for hydroxylation is 1. The number of aliphatic hydroxyl groups is 1. The first kappa shape index (κ1) is 16.7. The van der Waals surface area contributed by atoms with Gasteiger partial charge in [0.25, 0.3) is 0 Å². The van der Waals surface area contributed by atoms with Crippen LogP contribution in [0, 0.1) is 6.92 Å². The van der Waals surface area contributed by atoms with Gasteiger partial charge < -0.3 is 20.3 Å². The molecule has 0 aliphatic carbocycles. The summed E-state index contributed by atoms with van der Waals surface area (Å²) in [5, 5.41) is 10.7. The Kier molecular flexibility index (Phi) is 5.76. The average Bonchev–Trinajstić information content (AvgIpc) is 2.67. The number of benzene rings is 1. The predicted octanol–water partition coefficient (Wildman–Crippen LogP) is 0.313. The highest BCUT2D eigenvalue weighted by Gasteiger charge is 2.33. The minimum Gasteiger partial charge on any atom is -0.490 e. The highest BCUT2D eigenvalue weighted by Crippen LogP contribution is 2.17. The fourth-order valence-electron chi connectivity index (χ4n) is 2.40. The van der Waals surface area contributed by atoms with Crippen molar-refractivity contribution in [2.75, 3.05) is 39.5 Å². The third-order valence-corrected chi connectivity index (χ3v) is 3.64. The first-order chi connectivity index (χ1) is 10.5. The summed E-state index contributed by atoms with van der Waals surface area (Å²) < 4.78 is 11.2. The van der Waals surface area contributed by atoms with Crippen LogP contribution in [0.2, 0.25) is 0 Å². The molecule has 0 bridgehead atoms. The summed E-state index contributed by atoms with van der Waals surface area (Å²) in [6.45, 7) is 4.46. The van der Waals surface area contributed by atoms with E-state index in [4.69, 9.17) is 15.2 Å². The molecule has 6 nitrogen and oxygen atoms in total. The number of amides is 1. The lowest BCUT2D eigenvalue weighted by atomic mass is 10.1. The summed E-state index contributed by atoms with van der Waals surface area (Å²) in [4.78, 5) is 12.9. The molecule has 122 valence electrons. The smallest absolute Gasteiger partial charge is 0.218 e. The lowest BCUT2D eigenvalue weighted by molar-refractivity contribution is -0.118. The van der Waals surface area contributed by atoms with Crippen LogP contribution in [0.15, 0.2) is 24.3 Å². The van der Waals surface area contributed by atoms with E-state index in [1.54, 1.807) is 0 Å². The molecular formula is C16H24N2O4. The Hall–Kier alpha value is -1.63. The molecule has 0 saturated carbocycles. The number of carbonyl (C=O) groups excluding carboxylic acids is 1. The molecule has 2 rings (SSSR count). The summed E-state index contributed by atoms with van der Waals surface area (Å²) in [6, 6.07) is 7.67. The number of nitrogens with zero attached hydrogens (tertiary/aromatic N) is 1. The zero-order chi connectivity index (χ0) is 16.0. The largest absolute Gasteiger partial charge is 0.490 e. The van der Waals surface area contributed by atoms with Crippen molar-refractivity contribution in [2.24, 2.45) is 5.73 Å². The van der Waals surface area contributed by atoms with Crippen molar-refractivity contribution in [2.45, 2.75) is 18.9 Å². The molecule has 0 unspecified atom stereocenters. The van der Waals surface area contributed by atoms with E-state index in [0.29, 0.717) is 32.0 Å². The molecule has 1 aliphatic heterocycles. The Balaban J connectivity index is 1.91. The fourth-order valence-corrected chi connectivity index (χ4v) is 2.40. The first-order valence-electron chi connectivity index (χ1n) is 7.47. The molecular weight excluding hydrogens is 284 g/mol. The van der Waals surface area contributed by atoms with Crippen molar-refractivity contribution in [1.82, 2.24) is 4.90 Å². The molecule has 1 amide bonds. The number of ether oxygens (including phenoxy) is 2. The zero-order valence-corrected chi connectivity index (χ0v) is 13.0. The number of hydrogen-bond acceptors (Lipinski definition) is 5. The lowest BCUT2D eigenvalue weighted by Crippen LogP contribution is -2.49. The van der Waals surface area contributed by atoms with Crippen molar-refractivity contribution in [3.05, 3.63) is 29.8 Å². The number of rotatable bonds is 6. The molecule has 1 saturated heterocycles. The van der Waals surface area contributed by atoms with Gasteiger partial charge in [-0.25, -0.2) is 0 Å². The van der Waals surface area contributed by atoms with Gasteiger partial charge in [0.05, 0.1) is 13.2 Å². The Morgan fingerprint density at radius 1 is 1.45 bits per heavy atom. The van der Waals surface area contributed by atoms with Gasteiger partial charge in [-0.1, -0.05) is 17.7 Å². The Labute approximate surface area is 130 Å². The lowest BCUT2D eigenvalue weighted by Gasteiger charge is -2.30. The second-order valence-corrected chi connectivity index (χ2v) is 5.87. The molecule has 22 heavy (non-hydrogen) atoms. The van der Waals surface area contributed by atoms with Crippen LogP contribution in [0.3, 0.4) is 0 Å². The summed E-state index contributed by atoms with van der Waals surface area (Å²) in [5.74, 6) is 0.372. The number of β-amino-alcohol motifs (C(OH)–C–C–N with tert-alkyl or cyclic N) is 1. The van der Waals surface area contributed by atoms with E-state index in [-0.39, 0.29) is 25.5 Å². The fraction of sp³-hybridized carbons (Fsp3) is 0.562. The number of primary amides is 1. The maximum absolute atomic E-state index is 10.9. The van der Waals surface area contributed by atoms with Gasteiger partial charge in [0.15, 0.2) is 0 Å². The molecule has 0 aromatic heterocycles. The highest BCUT2D eigenvalue weighted by atomic mass is 16.5. The van der Waals surface area contributed by atoms with Crippen LogP contribution in [0.4, 0.5) is 0 Å². The number of carbonyl (C=O) groups is 1. The second-order valence-electron chi connectivity index (χ2n) is 5.87. The number of nitrogens with two attached hydrogens (primary N) is 1. The zero-order valence-electron chi connectivity index (χ0n) is 13.0. The summed E-state index contributed by atoms with van der Waals surface area (Å²) >= 11 is 0. The molecule has 1 atom stereocenters. The van der Waals surface area contributed by atoms with E-state index in [0.717, 1.165) is 5.56 Å². The van der Waals surface area contributed by atoms with Gasteiger partial charge in [-0.2, -0.15) is 0 Å². The maximum Gasteiger partial charge on any atom is 0.218 e. The third-order valence-electron chi connectivity index (χ3n) is 3.64. The van der Waals surface area contributed by atoms with Crippen molar-refractivity contribution >= 4 is 5.91 Å². The van der Waals surface area contributed by atoms with E-state index in [2.05, 4.69) is 0 Å². The molecule has 6 heteroatoms. The van der Waals surface area contributed by atoms with E-state index >= 15 is 0 Å². The normalized spacial score (nSPS) is 23.0. The minimum atomic E-state index is -1.10. The summed E-state index contributed by atoms with van der Waals surface area (Å²) in [7, 11) is 0. The van der Waals surface area contributed by atoms with Crippen molar-refractivity contribution in [3.63, 3.8) is 0 Å². The topological polar surface area (TPSA) is 85.0 Å². The Bertz CT molecular complexity index is 491. The summed E-state index contributed by atoms with van der Waals surface area (Å²) in [6.07, 6.45) is 0.273. The first-order valence-corrected chi connectivity index (χ1v) is 7.47. The van der Waals surface area contributed by atoms with Crippen LogP contribution in [0.25, 0.3) is 0 Å². The van der Waals surface area contributed by atoms with Crippen LogP contribution in [-0.2, 0) is 9.53 Å². The minimum absolute atomic E-state index is 0.142. The van der Waals surface area contributed by atoms with Gasteiger partial charge in [0.2, 0.25) is 5.91 Å². The molecule has 0 radical (unpaired) electrons. The monoisotopic (exact) mass is 308 g/mol. The summed E-state index contributed by atoms with van der Waals surface area (Å²) in [5.41, 5.74) is 5.24. The highest BCUT2D eigenvalue weighted by molar-refractivity contribution is 5.73. The van der Waals surface area contributed by atoms with Gasteiger partial charge in [0.1, 0.15) is 18.0 Å². The van der Waals surface area contributed by atoms with Crippen LogP contribution in [-0.4, -0.2) is 61.0 Å². The van der Waals surface area contributed by atoms with E-state index in [1.807, 2.05) is 36.1 Å². The molecule has 0 spiro atoms. The predicted molar refractivity (Wildman–Crippen MR) is 82.7 cm³/mol. The van der Waals surface area contributed by atoms with E-state index in [1.165, 1.54) is 0 Å². The maximum atomic E-state index is 10.9. The Morgan fingerprint density at radius 2 is 2.18 bits per heavy atom. The van der Waals surface area contributed by atoms with Crippen LogP contribution >= 0.6 is 0 Å². The molecule has 1 aromatic rings. The van der Waals surface area contributed by atoms with Crippen molar-refractivity contribution in [3.8, 4) is 5.75 Å². The van der Waals surface area contributed by atoms with Gasteiger partial charge >= 0.3 is 0 Å². The molecule has 1 aromatic carbocycles. The van der Waals surface area contributed by atoms with Gasteiger partial charge in [-0.05, 0) is 19.1 Å². The molecule has 1 aliphatic rings. The number of hydrogen-bond donors (Lipinski definition) is 2. The van der Waals surface area contributed by atoms with Crippen molar-refractivity contribution < 1.29 is 19.4 Å². The SMILES string of the molecule is Cc1ccc(OC[C@]2(O)COCCN(CCC(N)=O)C2)cc1. The second kappa shape index (κ2) is 7.58. The molecule has 3 N–H and O–H groups in total. The molecule has 1 heterocycles. The van der Waals surface area contributed by atoms with Crippen LogP contribution in [0.5, 0.6) is 5.75 Å². The van der Waals surface area contributed by atoms with Gasteiger partial charge in [-0.15, -0.1) is 0 Å². The van der Waals surface area contributed by atoms with Crippen LogP contribution in [0.1, 0.15) is 12.0 Å². The van der Waals surface area contributed by atoms with Crippen molar-refractivity contribution in [1.29, 1.82) is 0 Å². The van der Waals surface area contributed by atoms with E-state index < -0.39 is 5.60 Å². The average molecular weight is 308 g/mol. The quantitative estimate of drug-likeness (QED) is 0.790. The van der Waals surface area contributed by atoms with Crippen LogP contribution < -0.4 is 10.5 Å². The van der Waals surface area contributed by atoms with Gasteiger partial charge in [0, 0.05) is 26.1 Å².